The molecule has 0 radical (unpaired) electrons. The van der Waals surface area contributed by atoms with Crippen molar-refractivity contribution in [3.05, 3.63) is 57.7 Å². The van der Waals surface area contributed by atoms with Crippen LogP contribution in [0, 0.1) is 0 Å². The summed E-state index contributed by atoms with van der Waals surface area (Å²) in [7, 11) is 0. The number of halogens is 4. The topological polar surface area (TPSA) is 65.4 Å². The van der Waals surface area contributed by atoms with Crippen LogP contribution in [0.1, 0.15) is 30.7 Å². The summed E-state index contributed by atoms with van der Waals surface area (Å²) < 4.78 is 38.3. The Bertz CT molecular complexity index is 958. The Hall–Kier alpha value is -2.10. The smallest absolute Gasteiger partial charge is 0.299 e. The van der Waals surface area contributed by atoms with E-state index in [1.54, 1.807) is 30.3 Å². The molecule has 0 aliphatic heterocycles. The lowest BCUT2D eigenvalue weighted by Crippen LogP contribution is -2.00. The van der Waals surface area contributed by atoms with Gasteiger partial charge in [0.05, 0.1) is 16.3 Å². The Balaban J connectivity index is 1.72. The Labute approximate surface area is 173 Å². The molecule has 0 spiro atoms. The van der Waals surface area contributed by atoms with E-state index < -0.39 is 12.2 Å². The van der Waals surface area contributed by atoms with Crippen molar-refractivity contribution in [3.8, 4) is 5.75 Å². The molecular weight excluding hydrogens is 433 g/mol. The lowest BCUT2D eigenvalue weighted by atomic mass is 10.3. The third-order valence-electron chi connectivity index (χ3n) is 3.37. The molecule has 3 rings (SSSR count). The summed E-state index contributed by atoms with van der Waals surface area (Å²) >= 11 is 13.4. The fourth-order valence-corrected chi connectivity index (χ4v) is 3.29. The minimum atomic E-state index is -2.79. The molecule has 3 aromatic rings. The third kappa shape index (κ3) is 4.84. The number of hydrogen-bond donors (Lipinski definition) is 0. The molecule has 0 aliphatic rings. The fourth-order valence-electron chi connectivity index (χ4n) is 2.16. The quantitative estimate of drug-likeness (QED) is 0.328. The predicted octanol–water partition coefficient (Wildman–Crippen LogP) is 5.69. The largest absolute Gasteiger partial charge is 0.483 e. The molecule has 0 amide bonds. The molecule has 0 fully saturated rings. The second-order valence-electron chi connectivity index (χ2n) is 5.27. The van der Waals surface area contributed by atoms with Gasteiger partial charge in [0.2, 0.25) is 11.0 Å². The molecule has 2 heterocycles. The van der Waals surface area contributed by atoms with Crippen molar-refractivity contribution in [1.82, 2.24) is 14.9 Å². The number of ether oxygens (including phenoxy) is 1. The minimum absolute atomic E-state index is 0.0865. The minimum Gasteiger partial charge on any atom is -0.483 e. The van der Waals surface area contributed by atoms with Crippen LogP contribution in [0.5, 0.6) is 5.75 Å². The molecule has 0 saturated carbocycles. The number of benzene rings is 1. The molecule has 148 valence electrons. The number of para-hydroxylation sites is 1. The lowest BCUT2D eigenvalue weighted by molar-refractivity contribution is 0.135. The van der Waals surface area contributed by atoms with Crippen LogP contribution in [0.25, 0.3) is 0 Å². The number of thioether (sulfide) groups is 1. The van der Waals surface area contributed by atoms with Gasteiger partial charge in [0, 0.05) is 0 Å². The molecule has 0 N–H and O–H groups in total. The first-order chi connectivity index (χ1) is 13.5. The zero-order valence-electron chi connectivity index (χ0n) is 14.5. The predicted molar refractivity (Wildman–Crippen MR) is 104 cm³/mol. The van der Waals surface area contributed by atoms with Gasteiger partial charge in [-0.15, -0.1) is 10.2 Å². The molecule has 0 aliphatic carbocycles. The molecule has 28 heavy (non-hydrogen) atoms. The van der Waals surface area contributed by atoms with Crippen molar-refractivity contribution in [2.45, 2.75) is 25.1 Å². The molecular formula is C17H14Cl2F2N4O2S. The monoisotopic (exact) mass is 446 g/mol. The van der Waals surface area contributed by atoms with E-state index in [0.29, 0.717) is 33.1 Å². The summed E-state index contributed by atoms with van der Waals surface area (Å²) in [5, 5.41) is 12.3. The normalized spacial score (nSPS) is 11.6. The van der Waals surface area contributed by atoms with Gasteiger partial charge in [-0.05, 0) is 30.0 Å². The Morgan fingerprint density at radius 2 is 2.00 bits per heavy atom. The van der Waals surface area contributed by atoms with Gasteiger partial charge in [-0.3, -0.25) is 0 Å². The molecule has 0 saturated heterocycles. The summed E-state index contributed by atoms with van der Waals surface area (Å²) in [4.78, 5) is 0. The third-order valence-corrected chi connectivity index (χ3v) is 4.76. The van der Waals surface area contributed by atoms with E-state index in [2.05, 4.69) is 15.3 Å². The van der Waals surface area contributed by atoms with Crippen molar-refractivity contribution in [2.75, 3.05) is 5.75 Å². The second-order valence-corrected chi connectivity index (χ2v) is 7.32. The SMILES string of the molecule is CCSc1nnc(C(F)F)n1/N=C\c1ccc(COc2c(Cl)cccc2Cl)o1. The number of alkyl halides is 2. The van der Waals surface area contributed by atoms with E-state index in [0.717, 1.165) is 4.68 Å². The van der Waals surface area contributed by atoms with Crippen molar-refractivity contribution in [1.29, 1.82) is 0 Å². The van der Waals surface area contributed by atoms with Crippen LogP contribution in [0.15, 0.2) is 45.0 Å². The molecule has 0 atom stereocenters. The molecule has 6 nitrogen and oxygen atoms in total. The van der Waals surface area contributed by atoms with Gasteiger partial charge in [0.25, 0.3) is 6.43 Å². The van der Waals surface area contributed by atoms with Crippen LogP contribution in [0.4, 0.5) is 8.78 Å². The first-order valence-corrected chi connectivity index (χ1v) is 9.80. The van der Waals surface area contributed by atoms with Crippen molar-refractivity contribution in [3.63, 3.8) is 0 Å². The summed E-state index contributed by atoms with van der Waals surface area (Å²) in [5.74, 6) is 1.30. The van der Waals surface area contributed by atoms with Crippen LogP contribution in [-0.2, 0) is 6.61 Å². The highest BCUT2D eigenvalue weighted by molar-refractivity contribution is 7.99. The molecule has 0 unspecified atom stereocenters. The zero-order valence-corrected chi connectivity index (χ0v) is 16.8. The van der Waals surface area contributed by atoms with Gasteiger partial charge in [-0.2, -0.15) is 9.78 Å². The van der Waals surface area contributed by atoms with Crippen molar-refractivity contribution >= 4 is 41.2 Å². The van der Waals surface area contributed by atoms with Gasteiger partial charge in [0.15, 0.2) is 5.75 Å². The van der Waals surface area contributed by atoms with E-state index >= 15 is 0 Å². The maximum atomic E-state index is 13.1. The first-order valence-electron chi connectivity index (χ1n) is 8.05. The Kier molecular flexibility index (Phi) is 6.93. The first kappa shape index (κ1) is 20.6. The fraction of sp³-hybridized carbons (Fsp3) is 0.235. The highest BCUT2D eigenvalue weighted by Crippen LogP contribution is 2.33. The van der Waals surface area contributed by atoms with Crippen LogP contribution >= 0.6 is 35.0 Å². The van der Waals surface area contributed by atoms with Crippen LogP contribution in [0.2, 0.25) is 10.0 Å². The number of aromatic nitrogens is 3. The van der Waals surface area contributed by atoms with E-state index in [4.69, 9.17) is 32.4 Å². The van der Waals surface area contributed by atoms with E-state index in [9.17, 15) is 8.78 Å². The highest BCUT2D eigenvalue weighted by atomic mass is 35.5. The van der Waals surface area contributed by atoms with Gasteiger partial charge >= 0.3 is 0 Å². The second kappa shape index (κ2) is 9.40. The maximum absolute atomic E-state index is 13.1. The summed E-state index contributed by atoms with van der Waals surface area (Å²) in [6.07, 6.45) is -1.49. The van der Waals surface area contributed by atoms with Crippen molar-refractivity contribution in [2.24, 2.45) is 5.10 Å². The lowest BCUT2D eigenvalue weighted by Gasteiger charge is -2.07. The summed E-state index contributed by atoms with van der Waals surface area (Å²) in [6.45, 7) is 1.96. The number of hydrogen-bond acceptors (Lipinski definition) is 6. The molecule has 0 bridgehead atoms. The van der Waals surface area contributed by atoms with Gasteiger partial charge in [0.1, 0.15) is 18.1 Å². The van der Waals surface area contributed by atoms with E-state index in [1.807, 2.05) is 6.92 Å². The van der Waals surface area contributed by atoms with Crippen LogP contribution in [0.3, 0.4) is 0 Å². The average molecular weight is 447 g/mol. The van der Waals surface area contributed by atoms with Crippen LogP contribution in [-0.4, -0.2) is 26.8 Å². The molecule has 1 aromatic carbocycles. The Morgan fingerprint density at radius 1 is 1.25 bits per heavy atom. The standard InChI is InChI=1S/C17H14Cl2F2N4O2S/c1-2-28-17-24-23-16(15(20)21)25(17)22-8-10-6-7-11(27-10)9-26-14-12(18)4-3-5-13(14)19/h3-8,15H,2,9H2,1H3/b22-8-. The zero-order chi connectivity index (χ0) is 20.1. The van der Waals surface area contributed by atoms with E-state index in [-0.39, 0.29) is 11.8 Å². The van der Waals surface area contributed by atoms with Crippen molar-refractivity contribution < 1.29 is 17.9 Å². The molecule has 2 aromatic heterocycles. The molecule has 11 heteroatoms. The van der Waals surface area contributed by atoms with E-state index in [1.165, 1.54) is 18.0 Å². The Morgan fingerprint density at radius 3 is 2.68 bits per heavy atom. The number of rotatable bonds is 8. The highest BCUT2D eigenvalue weighted by Gasteiger charge is 2.20. The van der Waals surface area contributed by atoms with Gasteiger partial charge < -0.3 is 9.15 Å². The summed E-state index contributed by atoms with van der Waals surface area (Å²) in [5.41, 5.74) is 0. The maximum Gasteiger partial charge on any atom is 0.299 e. The van der Waals surface area contributed by atoms with Crippen LogP contribution < -0.4 is 4.74 Å². The summed E-state index contributed by atoms with van der Waals surface area (Å²) in [6, 6.07) is 8.34. The van der Waals surface area contributed by atoms with Gasteiger partial charge in [-0.1, -0.05) is 48.0 Å². The number of nitrogens with zero attached hydrogens (tertiary/aromatic N) is 4. The average Bonchev–Trinajstić information content (AvgIpc) is 3.27. The van der Waals surface area contributed by atoms with Gasteiger partial charge in [-0.25, -0.2) is 8.78 Å². The number of furan rings is 1.